The van der Waals surface area contributed by atoms with Crippen molar-refractivity contribution in [1.29, 1.82) is 0 Å². The monoisotopic (exact) mass is 396 g/mol. The van der Waals surface area contributed by atoms with Crippen LogP contribution in [0.15, 0.2) is 48.5 Å². The van der Waals surface area contributed by atoms with E-state index in [0.717, 1.165) is 21.3 Å². The molecule has 7 heteroatoms. The fraction of sp³-hybridized carbons (Fsp3) is 0.286. The Labute approximate surface area is 168 Å². The molecule has 0 spiro atoms. The van der Waals surface area contributed by atoms with Crippen LogP contribution >= 0.6 is 11.3 Å². The second kappa shape index (κ2) is 9.43. The Bertz CT molecular complexity index is 955. The molecular weight excluding hydrogens is 372 g/mol. The molecule has 0 unspecified atom stereocenters. The topological polar surface area (TPSA) is 97.1 Å². The van der Waals surface area contributed by atoms with Gasteiger partial charge in [-0.05, 0) is 43.0 Å². The van der Waals surface area contributed by atoms with E-state index in [9.17, 15) is 9.59 Å². The van der Waals surface area contributed by atoms with Gasteiger partial charge in [0, 0.05) is 13.0 Å². The fourth-order valence-corrected chi connectivity index (χ4v) is 3.80. The van der Waals surface area contributed by atoms with Crippen LogP contribution in [0.2, 0.25) is 0 Å². The number of nitrogens with one attached hydrogen (secondary N) is 2. The number of nitrogens with two attached hydrogens (primary N) is 1. The lowest BCUT2D eigenvalue weighted by Gasteiger charge is -2.12. The van der Waals surface area contributed by atoms with Gasteiger partial charge in [0.25, 0.3) is 0 Å². The van der Waals surface area contributed by atoms with Gasteiger partial charge in [-0.1, -0.05) is 47.7 Å². The van der Waals surface area contributed by atoms with Crippen LogP contribution < -0.4 is 16.4 Å². The molecule has 3 rings (SSSR count). The van der Waals surface area contributed by atoms with Gasteiger partial charge < -0.3 is 16.4 Å². The van der Waals surface area contributed by atoms with Crippen LogP contribution in [-0.2, 0) is 16.0 Å². The minimum Gasteiger partial charge on any atom is -0.355 e. The number of carbonyl (C=O) groups excluding carboxylic acids is 2. The largest absolute Gasteiger partial charge is 0.355 e. The molecule has 4 N–H and O–H groups in total. The van der Waals surface area contributed by atoms with E-state index in [4.69, 9.17) is 5.73 Å². The average Bonchev–Trinajstić information content (AvgIpc) is 3.07. The number of hydrogen-bond donors (Lipinski definition) is 3. The summed E-state index contributed by atoms with van der Waals surface area (Å²) < 4.78 is 1.05. The number of benzene rings is 2. The summed E-state index contributed by atoms with van der Waals surface area (Å²) in [6, 6.07) is 15.1. The predicted molar refractivity (Wildman–Crippen MR) is 113 cm³/mol. The molecule has 0 bridgehead atoms. The van der Waals surface area contributed by atoms with Crippen LogP contribution in [0.25, 0.3) is 10.2 Å². The van der Waals surface area contributed by atoms with Gasteiger partial charge in [0.15, 0.2) is 5.13 Å². The van der Waals surface area contributed by atoms with E-state index in [1.54, 1.807) is 0 Å². The van der Waals surface area contributed by atoms with E-state index in [0.29, 0.717) is 30.9 Å². The zero-order chi connectivity index (χ0) is 19.9. The zero-order valence-electron chi connectivity index (χ0n) is 15.8. The Morgan fingerprint density at radius 3 is 2.75 bits per heavy atom. The average molecular weight is 397 g/mol. The number of rotatable bonds is 8. The second-order valence-corrected chi connectivity index (χ2v) is 7.76. The molecule has 1 atom stereocenters. The SMILES string of the molecule is Cc1ccc2nc(NC(=O)CCCNC(=O)[C@@H](N)Cc3ccccc3)sc2c1. The highest BCUT2D eigenvalue weighted by Gasteiger charge is 2.14. The summed E-state index contributed by atoms with van der Waals surface area (Å²) in [6.45, 7) is 2.44. The standard InChI is InChI=1S/C21H24N4O2S/c1-14-9-10-17-18(12-14)28-21(24-17)25-19(26)8-5-11-23-20(27)16(22)13-15-6-3-2-4-7-15/h2-4,6-7,9-10,12,16H,5,8,11,13,22H2,1H3,(H,23,27)(H,24,25,26)/t16-/m0/s1. The number of aromatic nitrogens is 1. The van der Waals surface area contributed by atoms with Gasteiger partial charge in [0.05, 0.1) is 16.3 Å². The van der Waals surface area contributed by atoms with Crippen molar-refractivity contribution < 1.29 is 9.59 Å². The lowest BCUT2D eigenvalue weighted by atomic mass is 10.1. The van der Waals surface area contributed by atoms with Gasteiger partial charge in [-0.25, -0.2) is 4.98 Å². The van der Waals surface area contributed by atoms with Crippen molar-refractivity contribution in [2.24, 2.45) is 5.73 Å². The number of hydrogen-bond acceptors (Lipinski definition) is 5. The highest BCUT2D eigenvalue weighted by molar-refractivity contribution is 7.22. The summed E-state index contributed by atoms with van der Waals surface area (Å²) in [5, 5.41) is 6.21. The zero-order valence-corrected chi connectivity index (χ0v) is 16.6. The third-order valence-electron chi connectivity index (χ3n) is 4.31. The van der Waals surface area contributed by atoms with Crippen molar-refractivity contribution in [3.63, 3.8) is 0 Å². The summed E-state index contributed by atoms with van der Waals surface area (Å²) in [5.41, 5.74) is 9.01. The van der Waals surface area contributed by atoms with Gasteiger partial charge in [-0.3, -0.25) is 9.59 Å². The Kier molecular flexibility index (Phi) is 6.73. The molecule has 0 aliphatic heterocycles. The molecule has 6 nitrogen and oxygen atoms in total. The van der Waals surface area contributed by atoms with Crippen LogP contribution in [0.1, 0.15) is 24.0 Å². The molecule has 0 fully saturated rings. The van der Waals surface area contributed by atoms with Crippen LogP contribution in [0.3, 0.4) is 0 Å². The fourth-order valence-electron chi connectivity index (χ4n) is 2.82. The normalized spacial score (nSPS) is 11.9. The number of amides is 2. The first kappa shape index (κ1) is 20.0. The molecule has 2 aromatic carbocycles. The molecule has 146 valence electrons. The van der Waals surface area contributed by atoms with E-state index >= 15 is 0 Å². The highest BCUT2D eigenvalue weighted by Crippen LogP contribution is 2.26. The highest BCUT2D eigenvalue weighted by atomic mass is 32.1. The third-order valence-corrected chi connectivity index (χ3v) is 5.24. The first-order valence-electron chi connectivity index (χ1n) is 9.25. The Morgan fingerprint density at radius 2 is 1.96 bits per heavy atom. The quantitative estimate of drug-likeness (QED) is 0.510. The Balaban J connectivity index is 1.38. The molecule has 3 aromatic rings. The number of anilines is 1. The van der Waals surface area contributed by atoms with E-state index in [1.165, 1.54) is 11.3 Å². The molecule has 2 amide bonds. The van der Waals surface area contributed by atoms with Crippen molar-refractivity contribution in [3.05, 3.63) is 59.7 Å². The van der Waals surface area contributed by atoms with E-state index in [2.05, 4.69) is 21.7 Å². The van der Waals surface area contributed by atoms with Crippen LogP contribution in [0, 0.1) is 6.92 Å². The molecule has 0 saturated heterocycles. The van der Waals surface area contributed by atoms with Crippen LogP contribution in [-0.4, -0.2) is 29.4 Å². The molecule has 0 aliphatic carbocycles. The van der Waals surface area contributed by atoms with Crippen molar-refractivity contribution in [3.8, 4) is 0 Å². The number of fused-ring (bicyclic) bond motifs is 1. The van der Waals surface area contributed by atoms with Crippen molar-refractivity contribution in [1.82, 2.24) is 10.3 Å². The molecule has 28 heavy (non-hydrogen) atoms. The lowest BCUT2D eigenvalue weighted by molar-refractivity contribution is -0.122. The van der Waals surface area contributed by atoms with Crippen molar-refractivity contribution in [2.75, 3.05) is 11.9 Å². The van der Waals surface area contributed by atoms with Crippen LogP contribution in [0.5, 0.6) is 0 Å². The van der Waals surface area contributed by atoms with Gasteiger partial charge >= 0.3 is 0 Å². The number of aryl methyl sites for hydroxylation is 1. The smallest absolute Gasteiger partial charge is 0.237 e. The lowest BCUT2D eigenvalue weighted by Crippen LogP contribution is -2.42. The number of thiazole rings is 1. The van der Waals surface area contributed by atoms with Crippen molar-refractivity contribution >= 4 is 38.5 Å². The van der Waals surface area contributed by atoms with Gasteiger partial charge in [-0.15, -0.1) is 0 Å². The second-order valence-electron chi connectivity index (χ2n) is 6.73. The summed E-state index contributed by atoms with van der Waals surface area (Å²) in [6.07, 6.45) is 1.34. The number of carbonyl (C=O) groups is 2. The third kappa shape index (κ3) is 5.61. The predicted octanol–water partition coefficient (Wildman–Crippen LogP) is 3.01. The Hall–Kier alpha value is -2.77. The molecule has 0 radical (unpaired) electrons. The van der Waals surface area contributed by atoms with Gasteiger partial charge in [0.2, 0.25) is 11.8 Å². The molecule has 1 heterocycles. The van der Waals surface area contributed by atoms with E-state index < -0.39 is 6.04 Å². The molecule has 0 aliphatic rings. The summed E-state index contributed by atoms with van der Waals surface area (Å²) in [5.74, 6) is -0.315. The summed E-state index contributed by atoms with van der Waals surface area (Å²) in [7, 11) is 0. The minimum atomic E-state index is -0.595. The minimum absolute atomic E-state index is 0.112. The summed E-state index contributed by atoms with van der Waals surface area (Å²) in [4.78, 5) is 28.6. The molecule has 1 aromatic heterocycles. The van der Waals surface area contributed by atoms with E-state index in [1.807, 2.05) is 49.4 Å². The first-order valence-corrected chi connectivity index (χ1v) is 10.1. The molecular formula is C21H24N4O2S. The maximum absolute atomic E-state index is 12.1. The van der Waals surface area contributed by atoms with Gasteiger partial charge in [0.1, 0.15) is 0 Å². The maximum Gasteiger partial charge on any atom is 0.237 e. The Morgan fingerprint density at radius 1 is 1.18 bits per heavy atom. The first-order chi connectivity index (χ1) is 13.5. The summed E-state index contributed by atoms with van der Waals surface area (Å²) >= 11 is 1.46. The van der Waals surface area contributed by atoms with Crippen molar-refractivity contribution in [2.45, 2.75) is 32.2 Å². The van der Waals surface area contributed by atoms with Gasteiger partial charge in [-0.2, -0.15) is 0 Å². The number of nitrogens with zero attached hydrogens (tertiary/aromatic N) is 1. The van der Waals surface area contributed by atoms with Crippen LogP contribution in [0.4, 0.5) is 5.13 Å². The maximum atomic E-state index is 12.1. The van der Waals surface area contributed by atoms with E-state index in [-0.39, 0.29) is 11.8 Å². The molecule has 0 saturated carbocycles.